The number of aromatic nitrogens is 1. The summed E-state index contributed by atoms with van der Waals surface area (Å²) in [6.45, 7) is 0. The number of oxazole rings is 1. The van der Waals surface area contributed by atoms with Crippen LogP contribution in [-0.2, 0) is 4.79 Å². The first-order valence-electron chi connectivity index (χ1n) is 7.42. The van der Waals surface area contributed by atoms with Crippen molar-refractivity contribution in [1.82, 2.24) is 4.98 Å². The summed E-state index contributed by atoms with van der Waals surface area (Å²) < 4.78 is 5.77. The molecular formula is C18H16N4O2. The van der Waals surface area contributed by atoms with Crippen molar-refractivity contribution in [1.29, 1.82) is 5.26 Å². The fourth-order valence-corrected chi connectivity index (χ4v) is 2.31. The lowest BCUT2D eigenvalue weighted by atomic mass is 10.2. The maximum atomic E-state index is 11.5. The highest BCUT2D eigenvalue weighted by molar-refractivity contribution is 5.94. The fourth-order valence-electron chi connectivity index (χ4n) is 2.31. The molecule has 0 aliphatic rings. The minimum atomic E-state index is -0.347. The third kappa shape index (κ3) is 3.20. The second-order valence-electron chi connectivity index (χ2n) is 5.53. The van der Waals surface area contributed by atoms with E-state index in [-0.39, 0.29) is 12.3 Å². The van der Waals surface area contributed by atoms with Gasteiger partial charge in [0.25, 0.3) is 0 Å². The molecule has 24 heavy (non-hydrogen) atoms. The van der Waals surface area contributed by atoms with E-state index in [4.69, 9.17) is 9.68 Å². The van der Waals surface area contributed by atoms with E-state index in [0.717, 1.165) is 11.3 Å². The van der Waals surface area contributed by atoms with Gasteiger partial charge in [0, 0.05) is 31.0 Å². The molecule has 1 aromatic heterocycles. The standard InChI is InChI=1S/C18H16N4O2/c1-22(2)14-6-3-12(4-7-14)18-21-15-11-13(5-8-16(15)24-18)20-17(23)9-10-19/h3-8,11H,9H2,1-2H3,(H,20,23). The Labute approximate surface area is 139 Å². The van der Waals surface area contributed by atoms with Crippen molar-refractivity contribution in [3.63, 3.8) is 0 Å². The van der Waals surface area contributed by atoms with Gasteiger partial charge in [-0.25, -0.2) is 4.98 Å². The van der Waals surface area contributed by atoms with E-state index in [1.807, 2.05) is 49.3 Å². The summed E-state index contributed by atoms with van der Waals surface area (Å²) in [4.78, 5) is 18.0. The number of fused-ring (bicyclic) bond motifs is 1. The number of nitriles is 1. The van der Waals surface area contributed by atoms with E-state index in [1.165, 1.54) is 0 Å². The molecule has 1 heterocycles. The van der Waals surface area contributed by atoms with Crippen LogP contribution in [0.2, 0.25) is 0 Å². The number of rotatable bonds is 4. The Balaban J connectivity index is 1.88. The molecule has 6 nitrogen and oxygen atoms in total. The molecule has 0 atom stereocenters. The van der Waals surface area contributed by atoms with Crippen molar-refractivity contribution in [2.75, 3.05) is 24.3 Å². The topological polar surface area (TPSA) is 82.2 Å². The summed E-state index contributed by atoms with van der Waals surface area (Å²) in [5.74, 6) is 0.177. The van der Waals surface area contributed by atoms with Gasteiger partial charge >= 0.3 is 0 Å². The molecule has 0 radical (unpaired) electrons. The molecule has 0 saturated carbocycles. The van der Waals surface area contributed by atoms with Gasteiger partial charge < -0.3 is 14.6 Å². The zero-order chi connectivity index (χ0) is 17.1. The number of benzene rings is 2. The molecule has 3 aromatic rings. The Bertz CT molecular complexity index is 920. The molecule has 1 N–H and O–H groups in total. The van der Waals surface area contributed by atoms with Crippen molar-refractivity contribution >= 4 is 28.4 Å². The van der Waals surface area contributed by atoms with Crippen LogP contribution in [0.25, 0.3) is 22.6 Å². The molecular weight excluding hydrogens is 304 g/mol. The van der Waals surface area contributed by atoms with Gasteiger partial charge in [0.15, 0.2) is 5.58 Å². The highest BCUT2D eigenvalue weighted by atomic mass is 16.3. The molecule has 0 saturated heterocycles. The SMILES string of the molecule is CN(C)c1ccc(-c2nc3cc(NC(=O)CC#N)ccc3o2)cc1. The number of amides is 1. The highest BCUT2D eigenvalue weighted by Crippen LogP contribution is 2.27. The summed E-state index contributed by atoms with van der Waals surface area (Å²) in [5, 5.41) is 11.2. The molecule has 0 aliphatic heterocycles. The van der Waals surface area contributed by atoms with Crippen LogP contribution >= 0.6 is 0 Å². The number of carbonyl (C=O) groups is 1. The molecule has 0 fully saturated rings. The lowest BCUT2D eigenvalue weighted by Crippen LogP contribution is -2.09. The van der Waals surface area contributed by atoms with E-state index >= 15 is 0 Å². The number of hydrogen-bond donors (Lipinski definition) is 1. The van der Waals surface area contributed by atoms with Gasteiger partial charge in [0.1, 0.15) is 11.9 Å². The van der Waals surface area contributed by atoms with Crippen LogP contribution in [0, 0.1) is 11.3 Å². The first-order chi connectivity index (χ1) is 11.6. The van der Waals surface area contributed by atoms with E-state index in [2.05, 4.69) is 10.3 Å². The fraction of sp³-hybridized carbons (Fsp3) is 0.167. The molecule has 1 amide bonds. The van der Waals surface area contributed by atoms with E-state index in [0.29, 0.717) is 22.7 Å². The van der Waals surface area contributed by atoms with Crippen LogP contribution in [0.3, 0.4) is 0 Å². The molecule has 0 unspecified atom stereocenters. The molecule has 0 aliphatic carbocycles. The van der Waals surface area contributed by atoms with Gasteiger partial charge in [-0.3, -0.25) is 4.79 Å². The normalized spacial score (nSPS) is 10.4. The Morgan fingerprint density at radius 2 is 2.00 bits per heavy atom. The summed E-state index contributed by atoms with van der Waals surface area (Å²) in [6.07, 6.45) is -0.180. The quantitative estimate of drug-likeness (QED) is 0.796. The second-order valence-corrected chi connectivity index (χ2v) is 5.53. The Kier molecular flexibility index (Phi) is 4.17. The summed E-state index contributed by atoms with van der Waals surface area (Å²) in [5.41, 5.74) is 3.85. The molecule has 6 heteroatoms. The Morgan fingerprint density at radius 3 is 2.67 bits per heavy atom. The monoisotopic (exact) mass is 320 g/mol. The second kappa shape index (κ2) is 6.42. The predicted molar refractivity (Wildman–Crippen MR) is 92.6 cm³/mol. The van der Waals surface area contributed by atoms with Gasteiger partial charge in [-0.15, -0.1) is 0 Å². The van der Waals surface area contributed by atoms with Crippen molar-refractivity contribution in [3.8, 4) is 17.5 Å². The number of nitrogens with zero attached hydrogens (tertiary/aromatic N) is 3. The van der Waals surface area contributed by atoms with Crippen LogP contribution < -0.4 is 10.2 Å². The first-order valence-corrected chi connectivity index (χ1v) is 7.42. The number of nitrogens with one attached hydrogen (secondary N) is 1. The zero-order valence-electron chi connectivity index (χ0n) is 13.4. The molecule has 120 valence electrons. The van der Waals surface area contributed by atoms with Gasteiger partial charge in [0.05, 0.1) is 6.07 Å². The molecule has 0 spiro atoms. The van der Waals surface area contributed by atoms with Crippen LogP contribution in [0.4, 0.5) is 11.4 Å². The smallest absolute Gasteiger partial charge is 0.238 e. The van der Waals surface area contributed by atoms with Gasteiger partial charge in [-0.2, -0.15) is 5.26 Å². The van der Waals surface area contributed by atoms with Gasteiger partial charge in [-0.05, 0) is 42.5 Å². The first kappa shape index (κ1) is 15.6. The third-order valence-corrected chi connectivity index (χ3v) is 3.54. The number of hydrogen-bond acceptors (Lipinski definition) is 5. The summed E-state index contributed by atoms with van der Waals surface area (Å²) in [7, 11) is 3.97. The third-order valence-electron chi connectivity index (χ3n) is 3.54. The van der Waals surface area contributed by atoms with Crippen LogP contribution in [-0.4, -0.2) is 25.0 Å². The van der Waals surface area contributed by atoms with Crippen molar-refractivity contribution in [2.45, 2.75) is 6.42 Å². The highest BCUT2D eigenvalue weighted by Gasteiger charge is 2.10. The lowest BCUT2D eigenvalue weighted by Gasteiger charge is -2.11. The van der Waals surface area contributed by atoms with Crippen LogP contribution in [0.1, 0.15) is 6.42 Å². The van der Waals surface area contributed by atoms with E-state index in [9.17, 15) is 4.79 Å². The minimum absolute atomic E-state index is 0.180. The van der Waals surface area contributed by atoms with E-state index in [1.54, 1.807) is 18.2 Å². The van der Waals surface area contributed by atoms with Crippen LogP contribution in [0.5, 0.6) is 0 Å². The molecule has 2 aromatic carbocycles. The van der Waals surface area contributed by atoms with Gasteiger partial charge in [-0.1, -0.05) is 0 Å². The van der Waals surface area contributed by atoms with E-state index < -0.39 is 0 Å². The summed E-state index contributed by atoms with van der Waals surface area (Å²) >= 11 is 0. The van der Waals surface area contributed by atoms with Crippen molar-refractivity contribution in [2.24, 2.45) is 0 Å². The lowest BCUT2D eigenvalue weighted by molar-refractivity contribution is -0.115. The Morgan fingerprint density at radius 1 is 1.25 bits per heavy atom. The molecule has 0 bridgehead atoms. The van der Waals surface area contributed by atoms with Crippen molar-refractivity contribution < 1.29 is 9.21 Å². The average molecular weight is 320 g/mol. The maximum absolute atomic E-state index is 11.5. The maximum Gasteiger partial charge on any atom is 0.238 e. The predicted octanol–water partition coefficient (Wildman–Crippen LogP) is 3.41. The molecule has 3 rings (SSSR count). The Hall–Kier alpha value is -3.33. The van der Waals surface area contributed by atoms with Gasteiger partial charge in [0.2, 0.25) is 11.8 Å². The largest absolute Gasteiger partial charge is 0.436 e. The van der Waals surface area contributed by atoms with Crippen LogP contribution in [0.15, 0.2) is 46.9 Å². The average Bonchev–Trinajstić information content (AvgIpc) is 2.98. The minimum Gasteiger partial charge on any atom is -0.436 e. The van der Waals surface area contributed by atoms with Crippen molar-refractivity contribution in [3.05, 3.63) is 42.5 Å². The number of carbonyl (C=O) groups excluding carboxylic acids is 1. The zero-order valence-corrected chi connectivity index (χ0v) is 13.4. The summed E-state index contributed by atoms with van der Waals surface area (Å²) in [6, 6.07) is 14.9. The number of anilines is 2.